The molecule has 7 nitrogen and oxygen atoms in total. The van der Waals surface area contributed by atoms with Crippen LogP contribution in [0.3, 0.4) is 0 Å². The van der Waals surface area contributed by atoms with Crippen molar-refractivity contribution in [2.24, 2.45) is 5.92 Å². The van der Waals surface area contributed by atoms with Crippen LogP contribution in [0.25, 0.3) is 0 Å². The minimum Gasteiger partial charge on any atom is -0.350 e. The Kier molecular flexibility index (Phi) is 8.26. The van der Waals surface area contributed by atoms with Crippen molar-refractivity contribution in [2.45, 2.75) is 52.1 Å². The highest BCUT2D eigenvalue weighted by molar-refractivity contribution is 14.1. The molecule has 0 spiro atoms. The minimum absolute atomic E-state index is 0.0815. The van der Waals surface area contributed by atoms with Gasteiger partial charge in [-0.2, -0.15) is 0 Å². The second kappa shape index (κ2) is 10.0. The maximum absolute atomic E-state index is 12.6. The van der Waals surface area contributed by atoms with Crippen molar-refractivity contribution in [1.29, 1.82) is 0 Å². The number of rotatable bonds is 9. The summed E-state index contributed by atoms with van der Waals surface area (Å²) in [6.07, 6.45) is 3.06. The van der Waals surface area contributed by atoms with Crippen LogP contribution in [0.5, 0.6) is 0 Å². The van der Waals surface area contributed by atoms with Gasteiger partial charge in [-0.25, -0.2) is 13.1 Å². The largest absolute Gasteiger partial charge is 0.350 e. The van der Waals surface area contributed by atoms with E-state index in [4.69, 9.17) is 0 Å². The lowest BCUT2D eigenvalue weighted by Crippen LogP contribution is -2.54. The molecule has 3 N–H and O–H groups in total. The molecule has 156 valence electrons. The number of hydrogen-bond acceptors (Lipinski definition) is 4. The lowest BCUT2D eigenvalue weighted by molar-refractivity contribution is -0.123. The van der Waals surface area contributed by atoms with E-state index in [2.05, 4.69) is 37.9 Å². The molecule has 2 rings (SSSR count). The minimum atomic E-state index is -3.46. The molecule has 2 unspecified atom stereocenters. The maximum atomic E-state index is 12.6. The third-order valence-electron chi connectivity index (χ3n) is 5.03. The monoisotopic (exact) mass is 521 g/mol. The summed E-state index contributed by atoms with van der Waals surface area (Å²) < 4.78 is 26.6. The van der Waals surface area contributed by atoms with E-state index in [-0.39, 0.29) is 29.5 Å². The van der Waals surface area contributed by atoms with Gasteiger partial charge in [0.1, 0.15) is 0 Å². The lowest BCUT2D eigenvalue weighted by Gasteiger charge is -2.35. The van der Waals surface area contributed by atoms with Crippen LogP contribution in [-0.2, 0) is 14.8 Å². The Morgan fingerprint density at radius 1 is 1.29 bits per heavy atom. The summed E-state index contributed by atoms with van der Waals surface area (Å²) in [5.74, 6) is -0.350. The van der Waals surface area contributed by atoms with E-state index >= 15 is 0 Å². The molecule has 0 bridgehead atoms. The fourth-order valence-corrected chi connectivity index (χ4v) is 4.40. The Bertz CT molecular complexity index is 824. The fourth-order valence-electron chi connectivity index (χ4n) is 3.00. The summed E-state index contributed by atoms with van der Waals surface area (Å²) in [6.45, 7) is 5.29. The average molecular weight is 521 g/mol. The number of halogens is 1. The molecule has 2 amide bonds. The Morgan fingerprint density at radius 3 is 2.54 bits per heavy atom. The standard InChI is InChI=1S/C19H28IN3O4S/c1-4-28(26,27)23-13(3)18(24)22-17(14-6-5-7-14)11-21-19(25)15-10-12(2)8-9-16(15)20/h8-10,13-14,17,23H,4-7,11H2,1-3H3,(H,21,25)(H,22,24). The van der Waals surface area contributed by atoms with Crippen molar-refractivity contribution >= 4 is 44.4 Å². The molecular formula is C19H28IN3O4S. The molecule has 28 heavy (non-hydrogen) atoms. The van der Waals surface area contributed by atoms with E-state index in [9.17, 15) is 18.0 Å². The smallest absolute Gasteiger partial charge is 0.252 e. The first-order valence-electron chi connectivity index (χ1n) is 9.47. The number of aryl methyl sites for hydroxylation is 1. The van der Waals surface area contributed by atoms with Crippen LogP contribution in [-0.4, -0.2) is 44.6 Å². The van der Waals surface area contributed by atoms with Crippen molar-refractivity contribution in [1.82, 2.24) is 15.4 Å². The predicted octanol–water partition coefficient (Wildman–Crippen LogP) is 1.94. The quantitative estimate of drug-likeness (QED) is 0.432. The molecule has 0 saturated heterocycles. The lowest BCUT2D eigenvalue weighted by atomic mass is 9.79. The van der Waals surface area contributed by atoms with E-state index in [0.29, 0.717) is 12.1 Å². The Morgan fingerprint density at radius 2 is 1.96 bits per heavy atom. The zero-order chi connectivity index (χ0) is 20.9. The van der Waals surface area contributed by atoms with Crippen molar-refractivity contribution in [2.75, 3.05) is 12.3 Å². The number of sulfonamides is 1. The first kappa shape index (κ1) is 23.1. The van der Waals surface area contributed by atoms with Gasteiger partial charge in [0.2, 0.25) is 15.9 Å². The van der Waals surface area contributed by atoms with Gasteiger partial charge in [0.25, 0.3) is 5.91 Å². The highest BCUT2D eigenvalue weighted by atomic mass is 127. The Balaban J connectivity index is 1.99. The van der Waals surface area contributed by atoms with Crippen molar-refractivity contribution in [3.8, 4) is 0 Å². The van der Waals surface area contributed by atoms with Gasteiger partial charge in [-0.1, -0.05) is 18.1 Å². The van der Waals surface area contributed by atoms with Crippen LogP contribution in [0.2, 0.25) is 0 Å². The van der Waals surface area contributed by atoms with E-state index in [0.717, 1.165) is 28.4 Å². The van der Waals surface area contributed by atoms with Crippen molar-refractivity contribution < 1.29 is 18.0 Å². The highest BCUT2D eigenvalue weighted by Gasteiger charge is 2.30. The molecule has 9 heteroatoms. The molecule has 1 aliphatic carbocycles. The topological polar surface area (TPSA) is 104 Å². The fraction of sp³-hybridized carbons (Fsp3) is 0.579. The molecular weight excluding hydrogens is 493 g/mol. The number of benzene rings is 1. The number of hydrogen-bond donors (Lipinski definition) is 3. The van der Waals surface area contributed by atoms with E-state index < -0.39 is 16.1 Å². The molecule has 1 aromatic carbocycles. The molecule has 0 radical (unpaired) electrons. The van der Waals surface area contributed by atoms with Gasteiger partial charge in [-0.3, -0.25) is 9.59 Å². The third-order valence-corrected chi connectivity index (χ3v) is 7.44. The summed E-state index contributed by atoms with van der Waals surface area (Å²) in [4.78, 5) is 25.0. The van der Waals surface area contributed by atoms with Crippen LogP contribution in [0, 0.1) is 16.4 Å². The zero-order valence-electron chi connectivity index (χ0n) is 16.4. The SMILES string of the molecule is CCS(=O)(=O)NC(C)C(=O)NC(CNC(=O)c1cc(C)ccc1I)C1CCC1. The van der Waals surface area contributed by atoms with Gasteiger partial charge in [0, 0.05) is 16.2 Å². The van der Waals surface area contributed by atoms with Crippen LogP contribution in [0.1, 0.15) is 49.0 Å². The first-order valence-corrected chi connectivity index (χ1v) is 12.2. The van der Waals surface area contributed by atoms with Crippen molar-refractivity contribution in [3.05, 3.63) is 32.9 Å². The molecule has 0 heterocycles. The van der Waals surface area contributed by atoms with Gasteiger partial charge in [0.15, 0.2) is 0 Å². The summed E-state index contributed by atoms with van der Waals surface area (Å²) in [7, 11) is -3.46. The number of carbonyl (C=O) groups excluding carboxylic acids is 2. The molecule has 1 aliphatic rings. The molecule has 2 atom stereocenters. The van der Waals surface area contributed by atoms with Crippen LogP contribution < -0.4 is 15.4 Å². The third kappa shape index (κ3) is 6.41. The maximum Gasteiger partial charge on any atom is 0.252 e. The predicted molar refractivity (Wildman–Crippen MR) is 118 cm³/mol. The van der Waals surface area contributed by atoms with Gasteiger partial charge in [-0.15, -0.1) is 0 Å². The van der Waals surface area contributed by atoms with E-state index in [1.807, 2.05) is 25.1 Å². The van der Waals surface area contributed by atoms with Crippen molar-refractivity contribution in [3.63, 3.8) is 0 Å². The zero-order valence-corrected chi connectivity index (χ0v) is 19.4. The van der Waals surface area contributed by atoms with Gasteiger partial charge >= 0.3 is 0 Å². The van der Waals surface area contributed by atoms with Crippen LogP contribution in [0.15, 0.2) is 18.2 Å². The number of amides is 2. The van der Waals surface area contributed by atoms with Crippen LogP contribution >= 0.6 is 22.6 Å². The summed E-state index contributed by atoms with van der Waals surface area (Å²) >= 11 is 2.13. The van der Waals surface area contributed by atoms with E-state index in [1.54, 1.807) is 0 Å². The van der Waals surface area contributed by atoms with Gasteiger partial charge < -0.3 is 10.6 Å². The summed E-state index contributed by atoms with van der Waals surface area (Å²) in [5, 5.41) is 5.84. The molecule has 0 aliphatic heterocycles. The molecule has 1 aromatic rings. The Labute approximate surface area is 180 Å². The molecule has 0 aromatic heterocycles. The number of nitrogens with one attached hydrogen (secondary N) is 3. The number of carbonyl (C=O) groups is 2. The van der Waals surface area contributed by atoms with Gasteiger partial charge in [0.05, 0.1) is 17.4 Å². The highest BCUT2D eigenvalue weighted by Crippen LogP contribution is 2.29. The van der Waals surface area contributed by atoms with E-state index in [1.165, 1.54) is 13.8 Å². The Hall–Kier alpha value is -1.20. The summed E-state index contributed by atoms with van der Waals surface area (Å²) in [5.41, 5.74) is 1.62. The van der Waals surface area contributed by atoms with Crippen LogP contribution in [0.4, 0.5) is 0 Å². The summed E-state index contributed by atoms with van der Waals surface area (Å²) in [6, 6.07) is 4.61. The normalized spacial score (nSPS) is 16.7. The molecule has 1 saturated carbocycles. The first-order chi connectivity index (χ1) is 13.1. The second-order valence-electron chi connectivity index (χ2n) is 7.24. The molecule has 1 fully saturated rings. The second-order valence-corrected chi connectivity index (χ2v) is 10.4. The average Bonchev–Trinajstić information content (AvgIpc) is 2.59. The van der Waals surface area contributed by atoms with Gasteiger partial charge in [-0.05, 0) is 74.3 Å².